The number of hydrogen-bond donors (Lipinski definition) is 2. The van der Waals surface area contributed by atoms with E-state index in [-0.39, 0.29) is 0 Å². The first-order valence-electron chi connectivity index (χ1n) is 7.38. The number of hydrogen-bond acceptors (Lipinski definition) is 2. The summed E-state index contributed by atoms with van der Waals surface area (Å²) < 4.78 is 0. The lowest BCUT2D eigenvalue weighted by atomic mass is 9.75. The summed E-state index contributed by atoms with van der Waals surface area (Å²) in [5.74, 6) is 1.17. The molecule has 0 amide bonds. The highest BCUT2D eigenvalue weighted by Gasteiger charge is 2.35. The third-order valence-electron chi connectivity index (χ3n) is 4.82. The summed E-state index contributed by atoms with van der Waals surface area (Å²) >= 11 is 5.92. The van der Waals surface area contributed by atoms with E-state index in [1.54, 1.807) is 0 Å². The quantitative estimate of drug-likeness (QED) is 0.886. The first-order chi connectivity index (χ1) is 9.26. The summed E-state index contributed by atoms with van der Waals surface area (Å²) in [4.78, 5) is 0. The second kappa shape index (κ2) is 5.82. The molecule has 1 aromatic carbocycles. The van der Waals surface area contributed by atoms with Crippen LogP contribution in [-0.4, -0.2) is 23.8 Å². The van der Waals surface area contributed by atoms with E-state index in [4.69, 9.17) is 11.6 Å². The Balaban J connectivity index is 1.49. The van der Waals surface area contributed by atoms with Gasteiger partial charge < -0.3 is 10.4 Å². The summed E-state index contributed by atoms with van der Waals surface area (Å²) in [6.45, 7) is 0.338. The van der Waals surface area contributed by atoms with Crippen LogP contribution >= 0.6 is 11.6 Å². The fraction of sp³-hybridized carbons (Fsp3) is 0.625. The molecule has 2 fully saturated rings. The molecule has 2 aliphatic carbocycles. The SMILES string of the molecule is OCC1CCCC1NC1CC(c2ccc(Cl)cc2)C1. The van der Waals surface area contributed by atoms with Gasteiger partial charge in [-0.15, -0.1) is 0 Å². The molecule has 2 N–H and O–H groups in total. The second-order valence-electron chi connectivity index (χ2n) is 6.06. The van der Waals surface area contributed by atoms with E-state index in [2.05, 4.69) is 17.4 Å². The third-order valence-corrected chi connectivity index (χ3v) is 5.07. The molecule has 3 heteroatoms. The van der Waals surface area contributed by atoms with Gasteiger partial charge in [-0.1, -0.05) is 30.2 Å². The molecule has 2 nitrogen and oxygen atoms in total. The monoisotopic (exact) mass is 279 g/mol. The van der Waals surface area contributed by atoms with Crippen molar-refractivity contribution in [3.8, 4) is 0 Å². The molecule has 2 aliphatic rings. The molecule has 0 bridgehead atoms. The zero-order valence-corrected chi connectivity index (χ0v) is 11.9. The van der Waals surface area contributed by atoms with Crippen molar-refractivity contribution in [3.05, 3.63) is 34.9 Å². The first kappa shape index (κ1) is 13.4. The summed E-state index contributed by atoms with van der Waals surface area (Å²) in [7, 11) is 0. The average molecular weight is 280 g/mol. The van der Waals surface area contributed by atoms with Crippen LogP contribution in [0, 0.1) is 5.92 Å². The van der Waals surface area contributed by atoms with Crippen LogP contribution in [0.2, 0.25) is 5.02 Å². The number of nitrogens with one attached hydrogen (secondary N) is 1. The molecule has 3 rings (SSSR count). The van der Waals surface area contributed by atoms with Crippen molar-refractivity contribution in [3.63, 3.8) is 0 Å². The molecule has 1 aromatic rings. The normalized spacial score (nSPS) is 34.2. The second-order valence-corrected chi connectivity index (χ2v) is 6.50. The lowest BCUT2D eigenvalue weighted by Gasteiger charge is -2.39. The van der Waals surface area contributed by atoms with E-state index in [0.29, 0.717) is 30.5 Å². The van der Waals surface area contributed by atoms with Gasteiger partial charge >= 0.3 is 0 Å². The Labute approximate surface area is 120 Å². The number of aliphatic hydroxyl groups is 1. The highest BCUT2D eigenvalue weighted by molar-refractivity contribution is 6.30. The largest absolute Gasteiger partial charge is 0.396 e. The minimum Gasteiger partial charge on any atom is -0.396 e. The van der Waals surface area contributed by atoms with Crippen LogP contribution in [-0.2, 0) is 0 Å². The maximum absolute atomic E-state index is 9.34. The van der Waals surface area contributed by atoms with Crippen molar-refractivity contribution in [2.24, 2.45) is 5.92 Å². The Bertz CT molecular complexity index is 413. The smallest absolute Gasteiger partial charge is 0.0474 e. The van der Waals surface area contributed by atoms with Crippen LogP contribution < -0.4 is 5.32 Å². The van der Waals surface area contributed by atoms with E-state index in [0.717, 1.165) is 5.02 Å². The molecule has 0 aliphatic heterocycles. The molecule has 0 spiro atoms. The van der Waals surface area contributed by atoms with Crippen LogP contribution in [0.25, 0.3) is 0 Å². The van der Waals surface area contributed by atoms with Crippen LogP contribution in [0.5, 0.6) is 0 Å². The van der Waals surface area contributed by atoms with Crippen molar-refractivity contribution in [1.82, 2.24) is 5.32 Å². The van der Waals surface area contributed by atoms with Crippen molar-refractivity contribution in [2.75, 3.05) is 6.61 Å². The van der Waals surface area contributed by atoms with Crippen LogP contribution in [0.15, 0.2) is 24.3 Å². The van der Waals surface area contributed by atoms with Crippen molar-refractivity contribution >= 4 is 11.6 Å². The number of benzene rings is 1. The van der Waals surface area contributed by atoms with Crippen molar-refractivity contribution in [1.29, 1.82) is 0 Å². The molecule has 104 valence electrons. The average Bonchev–Trinajstić information content (AvgIpc) is 2.82. The van der Waals surface area contributed by atoms with E-state index in [9.17, 15) is 5.11 Å². The van der Waals surface area contributed by atoms with Gasteiger partial charge in [-0.2, -0.15) is 0 Å². The Morgan fingerprint density at radius 2 is 1.89 bits per heavy atom. The van der Waals surface area contributed by atoms with Crippen molar-refractivity contribution in [2.45, 2.75) is 50.1 Å². The maximum Gasteiger partial charge on any atom is 0.0474 e. The summed E-state index contributed by atoms with van der Waals surface area (Å²) in [6, 6.07) is 9.44. The summed E-state index contributed by atoms with van der Waals surface area (Å²) in [6.07, 6.45) is 6.11. The lowest BCUT2D eigenvalue weighted by Crippen LogP contribution is -2.47. The molecule has 0 aromatic heterocycles. The molecular weight excluding hydrogens is 258 g/mol. The molecule has 2 saturated carbocycles. The standard InChI is InChI=1S/C16H22ClNO/c17-14-6-4-11(5-7-14)13-8-15(9-13)18-16-3-1-2-12(16)10-19/h4-7,12-13,15-16,18-19H,1-3,8-10H2. The summed E-state index contributed by atoms with van der Waals surface area (Å²) in [5.41, 5.74) is 1.41. The number of rotatable bonds is 4. The van der Waals surface area contributed by atoms with Gasteiger partial charge in [-0.3, -0.25) is 0 Å². The van der Waals surface area contributed by atoms with Crippen molar-refractivity contribution < 1.29 is 5.11 Å². The van der Waals surface area contributed by atoms with Gasteiger partial charge in [-0.25, -0.2) is 0 Å². The predicted octanol–water partition coefficient (Wildman–Crippen LogP) is 3.34. The Kier molecular flexibility index (Phi) is 4.11. The minimum absolute atomic E-state index is 0.338. The zero-order chi connectivity index (χ0) is 13.2. The van der Waals surface area contributed by atoms with E-state index in [1.807, 2.05) is 12.1 Å². The summed E-state index contributed by atoms with van der Waals surface area (Å²) in [5, 5.41) is 13.9. The maximum atomic E-state index is 9.34. The number of halogens is 1. The molecule has 2 unspecified atom stereocenters. The molecule has 19 heavy (non-hydrogen) atoms. The predicted molar refractivity (Wildman–Crippen MR) is 78.6 cm³/mol. The molecular formula is C16H22ClNO. The zero-order valence-electron chi connectivity index (χ0n) is 11.2. The molecule has 0 radical (unpaired) electrons. The fourth-order valence-electron chi connectivity index (χ4n) is 3.54. The molecule has 2 atom stereocenters. The number of aliphatic hydroxyl groups excluding tert-OH is 1. The topological polar surface area (TPSA) is 32.3 Å². The van der Waals surface area contributed by atoms with Gasteiger partial charge in [0.05, 0.1) is 0 Å². The van der Waals surface area contributed by atoms with E-state index in [1.165, 1.54) is 37.7 Å². The highest BCUT2D eigenvalue weighted by Crippen LogP contribution is 2.38. The molecule has 0 saturated heterocycles. The first-order valence-corrected chi connectivity index (χ1v) is 7.76. The lowest BCUT2D eigenvalue weighted by molar-refractivity contribution is 0.179. The van der Waals surface area contributed by atoms with E-state index >= 15 is 0 Å². The van der Waals surface area contributed by atoms with Gasteiger partial charge in [0.25, 0.3) is 0 Å². The van der Waals surface area contributed by atoms with Crippen LogP contribution in [0.3, 0.4) is 0 Å². The Hall–Kier alpha value is -0.570. The minimum atomic E-state index is 0.338. The van der Waals surface area contributed by atoms with Gasteiger partial charge in [0.2, 0.25) is 0 Å². The van der Waals surface area contributed by atoms with Gasteiger partial charge in [0, 0.05) is 23.7 Å². The molecule has 0 heterocycles. The highest BCUT2D eigenvalue weighted by atomic mass is 35.5. The third kappa shape index (κ3) is 2.96. The Morgan fingerprint density at radius 1 is 1.16 bits per heavy atom. The Morgan fingerprint density at radius 3 is 2.58 bits per heavy atom. The van der Waals surface area contributed by atoms with Gasteiger partial charge in [-0.05, 0) is 55.2 Å². The van der Waals surface area contributed by atoms with Crippen LogP contribution in [0.1, 0.15) is 43.6 Å². The van der Waals surface area contributed by atoms with Gasteiger partial charge in [0.1, 0.15) is 0 Å². The van der Waals surface area contributed by atoms with Crippen LogP contribution in [0.4, 0.5) is 0 Å². The fourth-order valence-corrected chi connectivity index (χ4v) is 3.66. The van der Waals surface area contributed by atoms with Gasteiger partial charge in [0.15, 0.2) is 0 Å². The van der Waals surface area contributed by atoms with E-state index < -0.39 is 0 Å².